The van der Waals surface area contributed by atoms with Crippen LogP contribution in [0.5, 0.6) is 11.5 Å². The topological polar surface area (TPSA) is 81.9 Å². The average molecular weight is 320 g/mol. The van der Waals surface area contributed by atoms with Gasteiger partial charge in [-0.1, -0.05) is 36.4 Å². The van der Waals surface area contributed by atoms with Gasteiger partial charge in [0.15, 0.2) is 0 Å². The zero-order chi connectivity index (χ0) is 17.1. The molecule has 5 nitrogen and oxygen atoms in total. The molecule has 3 aromatic carbocycles. The third-order valence-electron chi connectivity index (χ3n) is 3.70. The number of benzene rings is 3. The van der Waals surface area contributed by atoms with E-state index in [0.29, 0.717) is 11.3 Å². The molecule has 120 valence electrons. The molecule has 0 unspecified atom stereocenters. The van der Waals surface area contributed by atoms with Crippen LogP contribution in [0.4, 0.5) is 0 Å². The van der Waals surface area contributed by atoms with E-state index in [9.17, 15) is 15.0 Å². The van der Waals surface area contributed by atoms with E-state index in [0.717, 1.165) is 10.8 Å². The van der Waals surface area contributed by atoms with Gasteiger partial charge in [-0.3, -0.25) is 4.79 Å². The summed E-state index contributed by atoms with van der Waals surface area (Å²) in [5, 5.41) is 25.3. The molecular weight excluding hydrogens is 304 g/mol. The van der Waals surface area contributed by atoms with E-state index >= 15 is 0 Å². The van der Waals surface area contributed by atoms with E-state index < -0.39 is 5.91 Å². The predicted molar refractivity (Wildman–Crippen MR) is 93.4 cm³/mol. The molecule has 3 aromatic rings. The molecule has 0 aromatic heterocycles. The number of hydrazone groups is 1. The summed E-state index contributed by atoms with van der Waals surface area (Å²) < 4.78 is 0. The Labute approximate surface area is 138 Å². The van der Waals surface area contributed by atoms with Gasteiger partial charge >= 0.3 is 0 Å². The van der Waals surface area contributed by atoms with Crippen LogP contribution < -0.4 is 5.43 Å². The molecule has 0 atom stereocenters. The van der Waals surface area contributed by atoms with Gasteiger partial charge in [0.25, 0.3) is 5.91 Å². The molecule has 0 aliphatic heterocycles. The highest BCUT2D eigenvalue weighted by Crippen LogP contribution is 2.24. The Morgan fingerprint density at radius 3 is 2.38 bits per heavy atom. The lowest BCUT2D eigenvalue weighted by Gasteiger charge is -2.07. The Kier molecular flexibility index (Phi) is 4.16. The van der Waals surface area contributed by atoms with Gasteiger partial charge in [-0.15, -0.1) is 0 Å². The molecule has 3 rings (SSSR count). The monoisotopic (exact) mass is 320 g/mol. The predicted octanol–water partition coefficient (Wildman–Crippen LogP) is 3.41. The number of fused-ring (bicyclic) bond motifs is 1. The van der Waals surface area contributed by atoms with Gasteiger partial charge in [-0.2, -0.15) is 5.10 Å². The standard InChI is InChI=1S/C19H16N2O3/c1-12(13-7-4-8-16(22)9-13)20-21-19(24)17-10-14-5-2-3-6-15(14)11-18(17)23/h2-11,22-23H,1H3,(H,21,24). The summed E-state index contributed by atoms with van der Waals surface area (Å²) in [4.78, 5) is 12.3. The normalized spacial score (nSPS) is 11.5. The fraction of sp³-hybridized carbons (Fsp3) is 0.0526. The van der Waals surface area contributed by atoms with Gasteiger partial charge in [0.2, 0.25) is 0 Å². The number of rotatable bonds is 3. The van der Waals surface area contributed by atoms with Crippen LogP contribution in [-0.2, 0) is 0 Å². The largest absolute Gasteiger partial charge is 0.508 e. The first-order valence-electron chi connectivity index (χ1n) is 7.40. The second-order valence-corrected chi connectivity index (χ2v) is 5.40. The molecule has 5 heteroatoms. The van der Waals surface area contributed by atoms with Crippen molar-refractivity contribution in [3.05, 3.63) is 71.8 Å². The van der Waals surface area contributed by atoms with E-state index in [2.05, 4.69) is 10.5 Å². The van der Waals surface area contributed by atoms with Crippen molar-refractivity contribution < 1.29 is 15.0 Å². The molecule has 0 heterocycles. The van der Waals surface area contributed by atoms with Crippen LogP contribution in [0.25, 0.3) is 10.8 Å². The van der Waals surface area contributed by atoms with Crippen molar-refractivity contribution in [3.63, 3.8) is 0 Å². The summed E-state index contributed by atoms with van der Waals surface area (Å²) in [6, 6.07) is 17.2. The van der Waals surface area contributed by atoms with E-state index in [-0.39, 0.29) is 17.1 Å². The number of nitrogens with zero attached hydrogens (tertiary/aromatic N) is 1. The van der Waals surface area contributed by atoms with Gasteiger partial charge in [0.05, 0.1) is 11.3 Å². The van der Waals surface area contributed by atoms with Crippen molar-refractivity contribution in [1.82, 2.24) is 5.43 Å². The highest BCUT2D eigenvalue weighted by molar-refractivity contribution is 6.03. The number of hydrogen-bond acceptors (Lipinski definition) is 4. The first kappa shape index (κ1) is 15.6. The van der Waals surface area contributed by atoms with Gasteiger partial charge in [0, 0.05) is 5.56 Å². The van der Waals surface area contributed by atoms with Crippen LogP contribution in [0.3, 0.4) is 0 Å². The summed E-state index contributed by atoms with van der Waals surface area (Å²) in [6.45, 7) is 1.72. The number of carbonyl (C=O) groups is 1. The van der Waals surface area contributed by atoms with Crippen molar-refractivity contribution in [2.45, 2.75) is 6.92 Å². The van der Waals surface area contributed by atoms with Gasteiger partial charge in [0.1, 0.15) is 11.5 Å². The minimum atomic E-state index is -0.502. The van der Waals surface area contributed by atoms with Crippen LogP contribution in [0, 0.1) is 0 Å². The number of hydrogen-bond donors (Lipinski definition) is 3. The molecule has 0 saturated carbocycles. The van der Waals surface area contributed by atoms with Crippen molar-refractivity contribution in [3.8, 4) is 11.5 Å². The van der Waals surface area contributed by atoms with Crippen LogP contribution in [-0.4, -0.2) is 21.8 Å². The first-order valence-corrected chi connectivity index (χ1v) is 7.40. The Morgan fingerprint density at radius 2 is 1.67 bits per heavy atom. The summed E-state index contributed by atoms with van der Waals surface area (Å²) in [5.74, 6) is -0.477. The number of carbonyl (C=O) groups excluding carboxylic acids is 1. The highest BCUT2D eigenvalue weighted by atomic mass is 16.3. The lowest BCUT2D eigenvalue weighted by atomic mass is 10.1. The molecule has 3 N–H and O–H groups in total. The van der Waals surface area contributed by atoms with Crippen LogP contribution in [0.2, 0.25) is 0 Å². The molecule has 0 spiro atoms. The molecular formula is C19H16N2O3. The van der Waals surface area contributed by atoms with E-state index in [1.165, 1.54) is 0 Å². The average Bonchev–Trinajstić information content (AvgIpc) is 2.58. The molecule has 24 heavy (non-hydrogen) atoms. The highest BCUT2D eigenvalue weighted by Gasteiger charge is 2.12. The molecule has 0 saturated heterocycles. The zero-order valence-corrected chi connectivity index (χ0v) is 13.0. The Bertz CT molecular complexity index is 948. The van der Waals surface area contributed by atoms with Crippen LogP contribution >= 0.6 is 0 Å². The molecule has 0 bridgehead atoms. The third-order valence-corrected chi connectivity index (χ3v) is 3.70. The van der Waals surface area contributed by atoms with E-state index in [1.54, 1.807) is 43.3 Å². The number of amides is 1. The fourth-order valence-corrected chi connectivity index (χ4v) is 2.40. The summed E-state index contributed by atoms with van der Waals surface area (Å²) in [6.07, 6.45) is 0. The van der Waals surface area contributed by atoms with E-state index in [1.807, 2.05) is 24.3 Å². The fourth-order valence-electron chi connectivity index (χ4n) is 2.40. The summed E-state index contributed by atoms with van der Waals surface area (Å²) >= 11 is 0. The lowest BCUT2D eigenvalue weighted by Crippen LogP contribution is -2.19. The summed E-state index contributed by atoms with van der Waals surface area (Å²) in [5.41, 5.74) is 3.82. The SMILES string of the molecule is CC(=NNC(=O)c1cc2ccccc2cc1O)c1cccc(O)c1. The molecule has 1 amide bonds. The number of nitrogens with one attached hydrogen (secondary N) is 1. The molecule has 0 radical (unpaired) electrons. The van der Waals surface area contributed by atoms with Gasteiger partial charge in [-0.05, 0) is 42.0 Å². The van der Waals surface area contributed by atoms with Crippen molar-refractivity contribution in [2.75, 3.05) is 0 Å². The molecule has 0 aliphatic rings. The first-order chi connectivity index (χ1) is 11.5. The Morgan fingerprint density at radius 1 is 0.958 bits per heavy atom. The van der Waals surface area contributed by atoms with Gasteiger partial charge in [-0.25, -0.2) is 5.43 Å². The van der Waals surface area contributed by atoms with E-state index in [4.69, 9.17) is 0 Å². The Balaban J connectivity index is 1.84. The summed E-state index contributed by atoms with van der Waals surface area (Å²) in [7, 11) is 0. The maximum Gasteiger partial charge on any atom is 0.275 e. The minimum Gasteiger partial charge on any atom is -0.508 e. The maximum absolute atomic E-state index is 12.3. The molecule has 0 aliphatic carbocycles. The smallest absolute Gasteiger partial charge is 0.275 e. The van der Waals surface area contributed by atoms with Crippen LogP contribution in [0.15, 0.2) is 65.8 Å². The van der Waals surface area contributed by atoms with Crippen molar-refractivity contribution >= 4 is 22.4 Å². The maximum atomic E-state index is 12.3. The second kappa shape index (κ2) is 6.42. The molecule has 0 fully saturated rings. The minimum absolute atomic E-state index is 0.101. The van der Waals surface area contributed by atoms with Crippen molar-refractivity contribution in [1.29, 1.82) is 0 Å². The lowest BCUT2D eigenvalue weighted by molar-refractivity contribution is 0.0952. The number of phenols is 2. The van der Waals surface area contributed by atoms with Crippen molar-refractivity contribution in [2.24, 2.45) is 5.10 Å². The quantitative estimate of drug-likeness (QED) is 0.511. The van der Waals surface area contributed by atoms with Gasteiger partial charge < -0.3 is 10.2 Å². The zero-order valence-electron chi connectivity index (χ0n) is 13.0. The number of phenolic OH excluding ortho intramolecular Hbond substituents is 2. The second-order valence-electron chi connectivity index (χ2n) is 5.40. The number of aromatic hydroxyl groups is 2. The Hall–Kier alpha value is -3.34. The van der Waals surface area contributed by atoms with Crippen LogP contribution in [0.1, 0.15) is 22.8 Å². The third kappa shape index (κ3) is 3.20.